The summed E-state index contributed by atoms with van der Waals surface area (Å²) < 4.78 is 5.37. The molecule has 0 saturated heterocycles. The molecule has 216 valence electrons. The monoisotopic (exact) mass is 585 g/mol. The van der Waals surface area contributed by atoms with Crippen LogP contribution in [-0.2, 0) is 0 Å². The molecule has 0 aliphatic rings. The Morgan fingerprint density at radius 1 is 0.422 bits per heavy atom. The van der Waals surface area contributed by atoms with E-state index in [1.807, 2.05) is 115 Å². The molecule has 0 spiro atoms. The molecule has 7 aromatic rings. The Bertz CT molecular complexity index is 2080. The first-order valence-electron chi connectivity index (χ1n) is 14.4. The van der Waals surface area contributed by atoms with Crippen LogP contribution in [-0.4, -0.2) is 37.1 Å². The van der Waals surface area contributed by atoms with Crippen molar-refractivity contribution in [3.05, 3.63) is 140 Å². The summed E-state index contributed by atoms with van der Waals surface area (Å²) in [5.74, 6) is 1.00. The lowest BCUT2D eigenvalue weighted by Gasteiger charge is -2.12. The minimum absolute atomic E-state index is 0.210. The summed E-state index contributed by atoms with van der Waals surface area (Å²) in [6.45, 7) is 0. The highest BCUT2D eigenvalue weighted by Gasteiger charge is 2.14. The lowest BCUT2D eigenvalue weighted by Crippen LogP contribution is -1.97. The third kappa shape index (κ3) is 6.00. The fourth-order valence-corrected chi connectivity index (χ4v) is 5.11. The molecule has 7 rings (SSSR count). The molecule has 2 aromatic carbocycles. The average Bonchev–Trinajstić information content (AvgIpc) is 3.12. The van der Waals surface area contributed by atoms with E-state index in [1.54, 1.807) is 31.6 Å². The summed E-state index contributed by atoms with van der Waals surface area (Å²) in [5, 5.41) is 9.87. The van der Waals surface area contributed by atoms with Crippen molar-refractivity contribution in [2.75, 3.05) is 7.11 Å². The van der Waals surface area contributed by atoms with E-state index in [-0.39, 0.29) is 5.75 Å². The van der Waals surface area contributed by atoms with Crippen LogP contribution in [0.15, 0.2) is 140 Å². The van der Waals surface area contributed by atoms with E-state index in [4.69, 9.17) is 19.7 Å². The highest BCUT2D eigenvalue weighted by molar-refractivity contribution is 5.78. The number of phenolic OH excluding ortho intramolecular Hbond substituents is 1. The van der Waals surface area contributed by atoms with Gasteiger partial charge in [-0.25, -0.2) is 15.0 Å². The molecule has 0 amide bonds. The molecule has 5 aromatic heterocycles. The molecular formula is C38H27N5O2. The number of hydrogen-bond donors (Lipinski definition) is 1. The third-order valence-corrected chi connectivity index (χ3v) is 7.40. The predicted molar refractivity (Wildman–Crippen MR) is 176 cm³/mol. The summed E-state index contributed by atoms with van der Waals surface area (Å²) in [6, 6.07) is 40.6. The van der Waals surface area contributed by atoms with Gasteiger partial charge in [-0.1, -0.05) is 42.5 Å². The van der Waals surface area contributed by atoms with Crippen LogP contribution in [0.25, 0.3) is 67.8 Å². The number of methoxy groups -OCH3 is 1. The first kappa shape index (κ1) is 27.6. The van der Waals surface area contributed by atoms with Gasteiger partial charge in [-0.05, 0) is 107 Å². The second-order valence-electron chi connectivity index (χ2n) is 10.4. The van der Waals surface area contributed by atoms with Gasteiger partial charge in [0.25, 0.3) is 0 Å². The number of aromatic hydroxyl groups is 1. The van der Waals surface area contributed by atoms with Crippen LogP contribution in [0.2, 0.25) is 0 Å². The molecule has 0 bridgehead atoms. The maximum atomic E-state index is 9.87. The molecule has 1 N–H and O–H groups in total. The number of nitrogens with zero attached hydrogens (tertiary/aromatic N) is 5. The zero-order valence-electron chi connectivity index (χ0n) is 24.4. The number of pyridine rings is 5. The molecule has 0 radical (unpaired) electrons. The zero-order valence-corrected chi connectivity index (χ0v) is 24.4. The standard InChI is InChI=1S/C38H27N5O2/c1-45-30-17-13-26(14-18-30)28-22-36(32-8-3-5-20-40-32)43-38(24-28)34-10-6-9-33(41-34)37-23-27(25-11-15-29(44)16-12-25)21-35(42-37)31-7-2-4-19-39-31/h2-24,44H,1H3. The van der Waals surface area contributed by atoms with Crippen molar-refractivity contribution in [3.63, 3.8) is 0 Å². The minimum Gasteiger partial charge on any atom is -0.508 e. The first-order valence-corrected chi connectivity index (χ1v) is 14.4. The quantitative estimate of drug-likeness (QED) is 0.201. The van der Waals surface area contributed by atoms with E-state index in [1.165, 1.54) is 0 Å². The maximum Gasteiger partial charge on any atom is 0.118 e. The molecule has 7 nitrogen and oxygen atoms in total. The average molecular weight is 586 g/mol. The van der Waals surface area contributed by atoms with Crippen molar-refractivity contribution in [1.29, 1.82) is 0 Å². The van der Waals surface area contributed by atoms with E-state index in [0.29, 0.717) is 22.8 Å². The van der Waals surface area contributed by atoms with Crippen LogP contribution in [0.5, 0.6) is 11.5 Å². The van der Waals surface area contributed by atoms with E-state index < -0.39 is 0 Å². The SMILES string of the molecule is COc1ccc(-c2cc(-c3ccccn3)nc(-c3cccc(-c4cc(-c5ccc(O)cc5)cc(-c5ccccn5)n4)n3)c2)cc1. The summed E-state index contributed by atoms with van der Waals surface area (Å²) in [6.07, 6.45) is 3.52. The minimum atomic E-state index is 0.210. The maximum absolute atomic E-state index is 9.87. The van der Waals surface area contributed by atoms with Crippen LogP contribution >= 0.6 is 0 Å². The van der Waals surface area contributed by atoms with Gasteiger partial charge in [-0.15, -0.1) is 0 Å². The van der Waals surface area contributed by atoms with E-state index in [2.05, 4.69) is 9.97 Å². The highest BCUT2D eigenvalue weighted by atomic mass is 16.5. The normalized spacial score (nSPS) is 10.9. The largest absolute Gasteiger partial charge is 0.508 e. The van der Waals surface area contributed by atoms with Gasteiger partial charge in [0.1, 0.15) is 11.5 Å². The van der Waals surface area contributed by atoms with Crippen LogP contribution in [0.1, 0.15) is 0 Å². The van der Waals surface area contributed by atoms with Gasteiger partial charge in [0.15, 0.2) is 0 Å². The number of phenols is 1. The summed E-state index contributed by atoms with van der Waals surface area (Å²) in [4.78, 5) is 24.2. The van der Waals surface area contributed by atoms with Gasteiger partial charge >= 0.3 is 0 Å². The Labute approximate surface area is 260 Å². The Morgan fingerprint density at radius 3 is 1.29 bits per heavy atom. The Kier molecular flexibility index (Phi) is 7.48. The fraction of sp³-hybridized carbons (Fsp3) is 0.0263. The Balaban J connectivity index is 1.36. The van der Waals surface area contributed by atoms with Crippen molar-refractivity contribution in [1.82, 2.24) is 24.9 Å². The Morgan fingerprint density at radius 2 is 0.844 bits per heavy atom. The zero-order chi connectivity index (χ0) is 30.6. The predicted octanol–water partition coefficient (Wildman–Crippen LogP) is 8.38. The molecule has 0 unspecified atom stereocenters. The molecule has 5 heterocycles. The molecule has 0 fully saturated rings. The second-order valence-corrected chi connectivity index (χ2v) is 10.4. The number of ether oxygens (including phenoxy) is 1. The molecule has 7 heteroatoms. The van der Waals surface area contributed by atoms with Crippen molar-refractivity contribution >= 4 is 0 Å². The smallest absolute Gasteiger partial charge is 0.118 e. The lowest BCUT2D eigenvalue weighted by molar-refractivity contribution is 0.415. The molecule has 0 aliphatic carbocycles. The van der Waals surface area contributed by atoms with Crippen LogP contribution in [0.3, 0.4) is 0 Å². The van der Waals surface area contributed by atoms with Crippen molar-refractivity contribution in [2.45, 2.75) is 0 Å². The summed E-state index contributed by atoms with van der Waals surface area (Å²) in [5.41, 5.74) is 9.69. The number of hydrogen-bond acceptors (Lipinski definition) is 7. The van der Waals surface area contributed by atoms with Crippen LogP contribution < -0.4 is 4.74 Å². The number of rotatable bonds is 7. The molecule has 45 heavy (non-hydrogen) atoms. The van der Waals surface area contributed by atoms with Crippen molar-refractivity contribution in [2.24, 2.45) is 0 Å². The molecular weight excluding hydrogens is 558 g/mol. The topological polar surface area (TPSA) is 93.9 Å². The number of benzene rings is 2. The summed E-state index contributed by atoms with van der Waals surface area (Å²) >= 11 is 0. The molecule has 0 saturated carbocycles. The highest BCUT2D eigenvalue weighted by Crippen LogP contribution is 2.33. The van der Waals surface area contributed by atoms with Gasteiger partial charge in [0, 0.05) is 12.4 Å². The Hall–Kier alpha value is -6.21. The summed E-state index contributed by atoms with van der Waals surface area (Å²) in [7, 11) is 1.66. The first-order chi connectivity index (χ1) is 22.1. The van der Waals surface area contributed by atoms with Gasteiger partial charge in [-0.2, -0.15) is 0 Å². The van der Waals surface area contributed by atoms with E-state index >= 15 is 0 Å². The molecule has 0 aliphatic heterocycles. The van der Waals surface area contributed by atoms with Crippen LogP contribution in [0.4, 0.5) is 0 Å². The van der Waals surface area contributed by atoms with Gasteiger partial charge in [0.05, 0.1) is 52.7 Å². The molecule has 0 atom stereocenters. The van der Waals surface area contributed by atoms with Crippen molar-refractivity contribution < 1.29 is 9.84 Å². The fourth-order valence-electron chi connectivity index (χ4n) is 5.11. The van der Waals surface area contributed by atoms with Crippen molar-refractivity contribution in [3.8, 4) is 79.3 Å². The van der Waals surface area contributed by atoms with E-state index in [0.717, 1.165) is 50.8 Å². The van der Waals surface area contributed by atoms with Crippen LogP contribution in [0, 0.1) is 0 Å². The number of aromatic nitrogens is 5. The van der Waals surface area contributed by atoms with E-state index in [9.17, 15) is 5.11 Å². The third-order valence-electron chi connectivity index (χ3n) is 7.40. The lowest BCUT2D eigenvalue weighted by atomic mass is 10.0. The van der Waals surface area contributed by atoms with Gasteiger partial charge in [-0.3, -0.25) is 9.97 Å². The second kappa shape index (κ2) is 12.2. The van der Waals surface area contributed by atoms with Gasteiger partial charge in [0.2, 0.25) is 0 Å². The van der Waals surface area contributed by atoms with Gasteiger partial charge < -0.3 is 9.84 Å².